The van der Waals surface area contributed by atoms with Gasteiger partial charge in [0.15, 0.2) is 0 Å². The van der Waals surface area contributed by atoms with Gasteiger partial charge in [0.25, 0.3) is 0 Å². The molecule has 20 nitrogen and oxygen atoms in total. The molecule has 0 aromatic carbocycles. The molecule has 40 atom stereocenters. The molecule has 16 aliphatic rings. The van der Waals surface area contributed by atoms with Crippen LogP contribution in [-0.2, 0) is 95.4 Å². The molecule has 16 aliphatic carbocycles. The van der Waals surface area contributed by atoms with Gasteiger partial charge in [0.05, 0.1) is 0 Å². The number of halogens is 4. The third-order valence-corrected chi connectivity index (χ3v) is 38.8. The standard InChI is InChI=1S/4C25H37FO5/c4*1-13(30-14(2)27)19-12-20(26)23-22-18(7-9-25(19,23)5)24(4)8-6-17(31-15(3)28)10-16(24)11-21(22)29/h4*13,16-20,22-23H,6-12H2,1-5H3/t4*13-,16-,17+,18+,19-,20+,22+,23+,24+,25-/m1111/s1. The SMILES string of the molecule is CC(=O)O[C@H]1CC[C@@]2(C)[C@@H](CC(=O)[C@H]3[C@@H]4[C@@H](F)C[C@H]([C@@H](C)OC(C)=O)[C@@]4(C)CC[C@@H]32)C1.CC(=O)O[C@H]1CC[C@@]2(C)[C@@H](CC(=O)[C@H]3[C@@H]4[C@@H](F)C[C@H]([C@@H](C)OC(C)=O)[C@@]4(C)CC[C@@H]32)C1.CC(=O)O[C@H]1CC[C@@]2(C)[C@@H](CC(=O)[C@H]3[C@@H]4[C@@H](F)C[C@H]([C@@H](C)OC(C)=O)[C@@]4(C)CC[C@@H]32)C1.CC(=O)O[C@H]1CC[C@@]2(C)[C@@H](CC(=O)[C@H]3[C@@H]4[C@@H](F)C[C@H]([C@@H](C)OC(C)=O)[C@@]4(C)CC[C@@H]32)C1. The number of ketones is 4. The summed E-state index contributed by atoms with van der Waals surface area (Å²) < 4.78 is 106. The molecular weight excluding hydrogens is 1600 g/mol. The maximum absolute atomic E-state index is 15.6. The van der Waals surface area contributed by atoms with Gasteiger partial charge in [-0.15, -0.1) is 0 Å². The van der Waals surface area contributed by atoms with Crippen LogP contribution in [-0.4, -0.2) is 144 Å². The average Bonchev–Trinajstić information content (AvgIpc) is 1.49. The minimum atomic E-state index is -1.04. The maximum atomic E-state index is 15.6. The van der Waals surface area contributed by atoms with Gasteiger partial charge in [-0.05, 0) is 272 Å². The summed E-state index contributed by atoms with van der Waals surface area (Å²) in [6.07, 6.45) is 14.2. The highest BCUT2D eigenvalue weighted by atomic mass is 19.1. The van der Waals surface area contributed by atoms with Gasteiger partial charge in [0, 0.05) is 152 Å². The molecule has 0 radical (unpaired) electrons. The molecule has 16 fully saturated rings. The van der Waals surface area contributed by atoms with Crippen molar-refractivity contribution in [3.8, 4) is 0 Å². The minimum absolute atomic E-state index is 0.0180. The van der Waals surface area contributed by atoms with Crippen molar-refractivity contribution in [1.82, 2.24) is 0 Å². The van der Waals surface area contributed by atoms with Crippen molar-refractivity contribution >= 4 is 70.9 Å². The fourth-order valence-electron chi connectivity index (χ4n) is 33.4. The lowest BCUT2D eigenvalue weighted by molar-refractivity contribution is -0.173. The summed E-state index contributed by atoms with van der Waals surface area (Å²) in [5.74, 6) is -2.61. The fourth-order valence-corrected chi connectivity index (χ4v) is 33.4. The summed E-state index contributed by atoms with van der Waals surface area (Å²) in [5, 5.41) is 0. The van der Waals surface area contributed by atoms with Gasteiger partial charge < -0.3 is 37.9 Å². The number of rotatable bonds is 12. The Kier molecular flexibility index (Phi) is 27.6. The molecule has 124 heavy (non-hydrogen) atoms. The maximum Gasteiger partial charge on any atom is 0.302 e. The van der Waals surface area contributed by atoms with E-state index >= 15 is 17.6 Å². The second-order valence-electron chi connectivity index (χ2n) is 45.0. The van der Waals surface area contributed by atoms with Crippen molar-refractivity contribution in [2.45, 2.75) is 392 Å². The van der Waals surface area contributed by atoms with Crippen molar-refractivity contribution in [2.75, 3.05) is 0 Å². The minimum Gasteiger partial charge on any atom is -0.463 e. The van der Waals surface area contributed by atoms with E-state index in [4.69, 9.17) is 37.9 Å². The van der Waals surface area contributed by atoms with Gasteiger partial charge in [-0.2, -0.15) is 0 Å². The van der Waals surface area contributed by atoms with E-state index in [0.717, 1.165) is 128 Å². The van der Waals surface area contributed by atoms with Crippen LogP contribution in [0.1, 0.15) is 318 Å². The number of carbonyl (C=O) groups is 12. The molecule has 0 unspecified atom stereocenters. The van der Waals surface area contributed by atoms with Crippen molar-refractivity contribution in [3.63, 3.8) is 0 Å². The normalized spacial score (nSPS) is 47.5. The summed E-state index contributed by atoms with van der Waals surface area (Å²) in [4.78, 5) is 146. The Labute approximate surface area is 733 Å². The zero-order valence-electron chi connectivity index (χ0n) is 78.0. The van der Waals surface area contributed by atoms with Crippen LogP contribution in [0.3, 0.4) is 0 Å². The van der Waals surface area contributed by atoms with Crippen molar-refractivity contribution in [3.05, 3.63) is 0 Å². The predicted molar refractivity (Wildman–Crippen MR) is 451 cm³/mol. The molecule has 0 spiro atoms. The van der Waals surface area contributed by atoms with Gasteiger partial charge in [0.1, 0.15) is 96.7 Å². The van der Waals surface area contributed by atoms with Gasteiger partial charge in [-0.25, -0.2) is 17.6 Å². The zero-order chi connectivity index (χ0) is 90.9. The first-order valence-electron chi connectivity index (χ1n) is 47.9. The first-order valence-corrected chi connectivity index (χ1v) is 47.9. The van der Waals surface area contributed by atoms with Crippen LogP contribution in [0.4, 0.5) is 17.6 Å². The van der Waals surface area contributed by atoms with Gasteiger partial charge in [-0.1, -0.05) is 55.4 Å². The largest absolute Gasteiger partial charge is 0.463 e. The number of carbonyl (C=O) groups excluding carboxylic acids is 12. The van der Waals surface area contributed by atoms with Crippen LogP contribution >= 0.6 is 0 Å². The molecule has 0 aromatic rings. The van der Waals surface area contributed by atoms with Crippen molar-refractivity contribution in [2.24, 2.45) is 162 Å². The predicted octanol–water partition coefficient (Wildman–Crippen LogP) is 18.6. The Bertz CT molecular complexity index is 3570. The van der Waals surface area contributed by atoms with Crippen molar-refractivity contribution in [1.29, 1.82) is 0 Å². The molecule has 0 saturated heterocycles. The molecular formula is C100H148F4O20. The van der Waals surface area contributed by atoms with E-state index in [0.29, 0.717) is 51.4 Å². The molecule has 696 valence electrons. The highest BCUT2D eigenvalue weighted by Crippen LogP contribution is 2.74. The lowest BCUT2D eigenvalue weighted by Crippen LogP contribution is -2.58. The topological polar surface area (TPSA) is 279 Å². The lowest BCUT2D eigenvalue weighted by atomic mass is 9.44. The summed E-state index contributed by atoms with van der Waals surface area (Å²) in [7, 11) is 0. The number of alkyl halides is 4. The quantitative estimate of drug-likeness (QED) is 0.0997. The van der Waals surface area contributed by atoms with Gasteiger partial charge >= 0.3 is 47.8 Å². The number of esters is 8. The fraction of sp³-hybridized carbons (Fsp3) is 0.880. The summed E-state index contributed by atoms with van der Waals surface area (Å²) >= 11 is 0. The Morgan fingerprint density at radius 3 is 0.597 bits per heavy atom. The van der Waals surface area contributed by atoms with Crippen LogP contribution in [0.5, 0.6) is 0 Å². The highest BCUT2D eigenvalue weighted by Gasteiger charge is 2.72. The zero-order valence-corrected chi connectivity index (χ0v) is 78.0. The summed E-state index contributed by atoms with van der Waals surface area (Å²) in [6, 6.07) is 0. The van der Waals surface area contributed by atoms with Gasteiger partial charge in [0.2, 0.25) is 0 Å². The van der Waals surface area contributed by atoms with E-state index in [-0.39, 0.29) is 281 Å². The third kappa shape index (κ3) is 17.3. The van der Waals surface area contributed by atoms with Gasteiger partial charge in [-0.3, -0.25) is 57.5 Å². The van der Waals surface area contributed by atoms with E-state index in [1.54, 1.807) is 0 Å². The second-order valence-corrected chi connectivity index (χ2v) is 45.0. The number of hydrogen-bond acceptors (Lipinski definition) is 20. The summed E-state index contributed by atoms with van der Waals surface area (Å²) in [5.41, 5.74) is -1.39. The smallest absolute Gasteiger partial charge is 0.302 e. The molecule has 0 N–H and O–H groups in total. The van der Waals surface area contributed by atoms with Crippen LogP contribution < -0.4 is 0 Å². The van der Waals surface area contributed by atoms with Crippen LogP contribution in [0.15, 0.2) is 0 Å². The number of ether oxygens (including phenoxy) is 8. The van der Waals surface area contributed by atoms with E-state index in [1.807, 2.05) is 27.7 Å². The summed E-state index contributed by atoms with van der Waals surface area (Å²) in [6.45, 7) is 36.4. The molecule has 0 bridgehead atoms. The molecule has 0 amide bonds. The van der Waals surface area contributed by atoms with Crippen LogP contribution in [0.2, 0.25) is 0 Å². The van der Waals surface area contributed by atoms with E-state index in [9.17, 15) is 57.5 Å². The van der Waals surface area contributed by atoms with E-state index in [2.05, 4.69) is 55.4 Å². The Morgan fingerprint density at radius 2 is 0.435 bits per heavy atom. The monoisotopic (exact) mass is 1750 g/mol. The van der Waals surface area contributed by atoms with Crippen LogP contribution in [0, 0.1) is 162 Å². The molecule has 16 rings (SSSR count). The molecule has 0 heterocycles. The average molecular weight is 1750 g/mol. The Morgan fingerprint density at radius 1 is 0.266 bits per heavy atom. The first kappa shape index (κ1) is 95.7. The van der Waals surface area contributed by atoms with Crippen molar-refractivity contribution < 1.29 is 113 Å². The number of Topliss-reactive ketones (excluding diaryl/α,β-unsaturated/α-hetero) is 4. The molecule has 16 saturated carbocycles. The van der Waals surface area contributed by atoms with E-state index in [1.165, 1.54) is 55.4 Å². The number of hydrogen-bond donors (Lipinski definition) is 0. The highest BCUT2D eigenvalue weighted by molar-refractivity contribution is 5.86. The number of fused-ring (bicyclic) bond motifs is 20. The Balaban J connectivity index is 0.000000142. The van der Waals surface area contributed by atoms with Crippen LogP contribution in [0.25, 0.3) is 0 Å². The molecule has 24 heteroatoms. The first-order chi connectivity index (χ1) is 57.9. The molecule has 0 aromatic heterocycles. The van der Waals surface area contributed by atoms with E-state index < -0.39 is 24.7 Å². The second kappa shape index (κ2) is 35.8. The lowest BCUT2D eigenvalue weighted by Gasteiger charge is -2.60. The molecule has 0 aliphatic heterocycles. The third-order valence-electron chi connectivity index (χ3n) is 38.8. The Hall–Kier alpha value is -5.84.